The second kappa shape index (κ2) is 7.71. The lowest BCUT2D eigenvalue weighted by Gasteiger charge is -2.25. The second-order valence-corrected chi connectivity index (χ2v) is 5.13. The van der Waals surface area contributed by atoms with Gasteiger partial charge in [0.1, 0.15) is 6.04 Å². The van der Waals surface area contributed by atoms with Gasteiger partial charge in [-0.3, -0.25) is 9.69 Å². The highest BCUT2D eigenvalue weighted by Crippen LogP contribution is 2.24. The van der Waals surface area contributed by atoms with Gasteiger partial charge in [0.05, 0.1) is 12.7 Å². The number of aliphatic hydroxyl groups is 1. The third-order valence-corrected chi connectivity index (χ3v) is 3.45. The van der Waals surface area contributed by atoms with E-state index in [1.165, 1.54) is 0 Å². The summed E-state index contributed by atoms with van der Waals surface area (Å²) in [6.07, 6.45) is 2.33. The van der Waals surface area contributed by atoms with E-state index in [4.69, 9.17) is 9.84 Å². The van der Waals surface area contributed by atoms with Crippen molar-refractivity contribution < 1.29 is 19.7 Å². The predicted octanol–water partition coefficient (Wildman–Crippen LogP) is 0.959. The van der Waals surface area contributed by atoms with Crippen LogP contribution in [0.1, 0.15) is 33.1 Å². The lowest BCUT2D eigenvalue weighted by Crippen LogP contribution is -2.43. The third kappa shape index (κ3) is 4.55. The van der Waals surface area contributed by atoms with E-state index in [9.17, 15) is 9.90 Å². The van der Waals surface area contributed by atoms with Crippen molar-refractivity contribution in [1.82, 2.24) is 4.90 Å². The third-order valence-electron chi connectivity index (χ3n) is 3.45. The summed E-state index contributed by atoms with van der Waals surface area (Å²) in [6.45, 7) is 6.10. The fourth-order valence-electron chi connectivity index (χ4n) is 2.42. The van der Waals surface area contributed by atoms with Crippen LogP contribution in [0.3, 0.4) is 0 Å². The van der Waals surface area contributed by atoms with E-state index in [-0.39, 0.29) is 12.5 Å². The van der Waals surface area contributed by atoms with Crippen LogP contribution in [0.5, 0.6) is 0 Å². The van der Waals surface area contributed by atoms with E-state index >= 15 is 0 Å². The van der Waals surface area contributed by atoms with Crippen molar-refractivity contribution in [3.63, 3.8) is 0 Å². The number of likely N-dealkylation sites (tertiary alicyclic amines) is 1. The molecule has 0 spiro atoms. The number of ether oxygens (including phenoxy) is 1. The maximum atomic E-state index is 11.1. The molecule has 5 nitrogen and oxygen atoms in total. The normalized spacial score (nSPS) is 26.4. The zero-order chi connectivity index (χ0) is 13.5. The number of aliphatic carboxylic acids is 1. The first-order valence-electron chi connectivity index (χ1n) is 6.79. The van der Waals surface area contributed by atoms with Crippen molar-refractivity contribution in [3.05, 3.63) is 0 Å². The minimum atomic E-state index is -0.792. The Morgan fingerprint density at radius 2 is 2.28 bits per heavy atom. The number of carbonyl (C=O) groups is 1. The van der Waals surface area contributed by atoms with E-state index in [0.717, 1.165) is 25.8 Å². The summed E-state index contributed by atoms with van der Waals surface area (Å²) in [7, 11) is 0. The number of unbranched alkanes of at least 4 members (excludes halogenated alkanes) is 1. The molecular formula is C13H25NO4. The highest BCUT2D eigenvalue weighted by Gasteiger charge is 2.37. The summed E-state index contributed by atoms with van der Waals surface area (Å²) in [5, 5.41) is 19.0. The summed E-state index contributed by atoms with van der Waals surface area (Å²) in [5.74, 6) is -0.644. The van der Waals surface area contributed by atoms with Crippen LogP contribution in [-0.2, 0) is 9.53 Å². The predicted molar refractivity (Wildman–Crippen MR) is 68.5 cm³/mol. The molecule has 1 rings (SSSR count). The van der Waals surface area contributed by atoms with Gasteiger partial charge in [-0.25, -0.2) is 0 Å². The van der Waals surface area contributed by atoms with E-state index in [0.29, 0.717) is 13.2 Å². The number of nitrogens with zero attached hydrogens (tertiary/aromatic N) is 1. The van der Waals surface area contributed by atoms with Crippen molar-refractivity contribution in [3.8, 4) is 0 Å². The molecule has 5 heteroatoms. The fourth-order valence-corrected chi connectivity index (χ4v) is 2.42. The number of hydrogen-bond donors (Lipinski definition) is 2. The van der Waals surface area contributed by atoms with Gasteiger partial charge in [0.2, 0.25) is 0 Å². The van der Waals surface area contributed by atoms with Gasteiger partial charge in [0.25, 0.3) is 0 Å². The minimum Gasteiger partial charge on any atom is -0.480 e. The number of carboxylic acid groups (broad SMARTS) is 1. The molecule has 0 aromatic heterocycles. The van der Waals surface area contributed by atoms with E-state index in [1.54, 1.807) is 0 Å². The SMILES string of the molecule is CCCCOCC(O)CN1CCC(C)C1C(=O)O. The van der Waals surface area contributed by atoms with Gasteiger partial charge in [-0.1, -0.05) is 20.3 Å². The summed E-state index contributed by atoms with van der Waals surface area (Å²) in [5.41, 5.74) is 0. The Morgan fingerprint density at radius 1 is 1.56 bits per heavy atom. The van der Waals surface area contributed by atoms with Crippen molar-refractivity contribution in [2.75, 3.05) is 26.3 Å². The maximum Gasteiger partial charge on any atom is 0.321 e. The van der Waals surface area contributed by atoms with Gasteiger partial charge < -0.3 is 14.9 Å². The fraction of sp³-hybridized carbons (Fsp3) is 0.923. The second-order valence-electron chi connectivity index (χ2n) is 5.13. The molecule has 1 aliphatic rings. The van der Waals surface area contributed by atoms with Gasteiger partial charge in [-0.05, 0) is 25.3 Å². The number of rotatable bonds is 8. The average Bonchev–Trinajstić information content (AvgIpc) is 2.66. The Kier molecular flexibility index (Phi) is 6.60. The number of hydrogen-bond acceptors (Lipinski definition) is 4. The molecule has 0 bridgehead atoms. The van der Waals surface area contributed by atoms with Crippen LogP contribution >= 0.6 is 0 Å². The summed E-state index contributed by atoms with van der Waals surface area (Å²) in [4.78, 5) is 13.0. The molecule has 1 fully saturated rings. The van der Waals surface area contributed by atoms with Crippen LogP contribution < -0.4 is 0 Å². The first-order chi connectivity index (χ1) is 8.56. The molecule has 18 heavy (non-hydrogen) atoms. The molecule has 0 aromatic carbocycles. The van der Waals surface area contributed by atoms with E-state index < -0.39 is 18.1 Å². The van der Waals surface area contributed by atoms with Gasteiger partial charge in [-0.15, -0.1) is 0 Å². The largest absolute Gasteiger partial charge is 0.480 e. The molecule has 0 radical (unpaired) electrons. The standard InChI is InChI=1S/C13H25NO4/c1-3-4-7-18-9-11(15)8-14-6-5-10(2)12(14)13(16)17/h10-12,15H,3-9H2,1-2H3,(H,16,17). The first kappa shape index (κ1) is 15.4. The monoisotopic (exact) mass is 259 g/mol. The molecule has 1 heterocycles. The smallest absolute Gasteiger partial charge is 0.321 e. The Hall–Kier alpha value is -0.650. The zero-order valence-electron chi connectivity index (χ0n) is 11.3. The summed E-state index contributed by atoms with van der Waals surface area (Å²) >= 11 is 0. The van der Waals surface area contributed by atoms with Crippen LogP contribution in [0.4, 0.5) is 0 Å². The van der Waals surface area contributed by atoms with E-state index in [1.807, 2.05) is 11.8 Å². The quantitative estimate of drug-likeness (QED) is 0.635. The lowest BCUT2D eigenvalue weighted by atomic mass is 10.0. The van der Waals surface area contributed by atoms with Crippen LogP contribution in [0, 0.1) is 5.92 Å². The van der Waals surface area contributed by atoms with Crippen LogP contribution in [-0.4, -0.2) is 59.5 Å². The van der Waals surface area contributed by atoms with Gasteiger partial charge >= 0.3 is 5.97 Å². The van der Waals surface area contributed by atoms with Gasteiger partial charge in [0.15, 0.2) is 0 Å². The maximum absolute atomic E-state index is 11.1. The Morgan fingerprint density at radius 3 is 2.89 bits per heavy atom. The summed E-state index contributed by atoms with van der Waals surface area (Å²) in [6, 6.07) is -0.463. The molecule has 1 aliphatic heterocycles. The first-order valence-corrected chi connectivity index (χ1v) is 6.79. The van der Waals surface area contributed by atoms with Crippen molar-refractivity contribution in [2.45, 2.75) is 45.3 Å². The molecular weight excluding hydrogens is 234 g/mol. The van der Waals surface area contributed by atoms with Crippen LogP contribution in [0.25, 0.3) is 0 Å². The molecule has 0 saturated carbocycles. The Balaban J connectivity index is 2.30. The molecule has 0 aromatic rings. The van der Waals surface area contributed by atoms with Gasteiger partial charge in [0, 0.05) is 13.2 Å². The molecule has 1 saturated heterocycles. The zero-order valence-corrected chi connectivity index (χ0v) is 11.3. The Labute approximate surface area is 109 Å². The van der Waals surface area contributed by atoms with Crippen molar-refractivity contribution in [1.29, 1.82) is 0 Å². The molecule has 0 aliphatic carbocycles. The Bertz CT molecular complexity index is 259. The average molecular weight is 259 g/mol. The molecule has 3 atom stereocenters. The molecule has 3 unspecified atom stereocenters. The van der Waals surface area contributed by atoms with Crippen LogP contribution in [0.15, 0.2) is 0 Å². The number of aliphatic hydroxyl groups excluding tert-OH is 1. The lowest BCUT2D eigenvalue weighted by molar-refractivity contribution is -0.143. The highest BCUT2D eigenvalue weighted by molar-refractivity contribution is 5.74. The van der Waals surface area contributed by atoms with Crippen molar-refractivity contribution >= 4 is 5.97 Å². The van der Waals surface area contributed by atoms with Crippen molar-refractivity contribution in [2.24, 2.45) is 5.92 Å². The topological polar surface area (TPSA) is 70.0 Å². The van der Waals surface area contributed by atoms with Crippen LogP contribution in [0.2, 0.25) is 0 Å². The minimum absolute atomic E-state index is 0.149. The number of β-amino-alcohol motifs (C(OH)–C–C–N with tert-alkyl or cyclic N) is 1. The highest BCUT2D eigenvalue weighted by atomic mass is 16.5. The summed E-state index contributed by atoms with van der Waals surface area (Å²) < 4.78 is 5.34. The molecule has 2 N–H and O–H groups in total. The van der Waals surface area contributed by atoms with Gasteiger partial charge in [-0.2, -0.15) is 0 Å². The molecule has 106 valence electrons. The number of carboxylic acids is 1. The van der Waals surface area contributed by atoms with E-state index in [2.05, 4.69) is 6.92 Å². The molecule has 0 amide bonds.